The van der Waals surface area contributed by atoms with Crippen LogP contribution in [0.4, 0.5) is 4.39 Å². The molecule has 0 fully saturated rings. The largest absolute Gasteiger partial charge is 0.364 e. The summed E-state index contributed by atoms with van der Waals surface area (Å²) in [6.45, 7) is 8.44. The molecule has 2 aliphatic heterocycles. The predicted molar refractivity (Wildman–Crippen MR) is 120 cm³/mol. The van der Waals surface area contributed by atoms with E-state index in [9.17, 15) is 4.39 Å². The van der Waals surface area contributed by atoms with Crippen molar-refractivity contribution in [3.63, 3.8) is 0 Å². The van der Waals surface area contributed by atoms with Gasteiger partial charge in [-0.15, -0.1) is 0 Å². The van der Waals surface area contributed by atoms with Crippen molar-refractivity contribution in [1.82, 2.24) is 21.1 Å². The third kappa shape index (κ3) is 3.54. The minimum Gasteiger partial charge on any atom is -0.364 e. The summed E-state index contributed by atoms with van der Waals surface area (Å²) in [4.78, 5) is 0.909. The Hall–Kier alpha value is -2.02. The summed E-state index contributed by atoms with van der Waals surface area (Å²) in [6, 6.07) is 5.75. The number of nitrogens with zero attached hydrogens (tertiary/aromatic N) is 1. The fourth-order valence-corrected chi connectivity index (χ4v) is 5.40. The standard InChI is InChI=1S/C23H29FN4S/c1-6-17-18(8-7-9-20(17)24)19-12-16(14-28(25-5)23(19)10-11-23)21-13-26-22(4,29-21)27-15(2)3/h7-15,25-27H,6H2,1-5H3. The molecule has 0 saturated heterocycles. The molecule has 0 saturated carbocycles. The first-order valence-corrected chi connectivity index (χ1v) is 11.0. The van der Waals surface area contributed by atoms with Crippen LogP contribution in [0.5, 0.6) is 0 Å². The maximum atomic E-state index is 14.6. The minimum atomic E-state index is -0.327. The van der Waals surface area contributed by atoms with Gasteiger partial charge in [-0.3, -0.25) is 10.3 Å². The van der Waals surface area contributed by atoms with E-state index in [1.165, 1.54) is 0 Å². The molecule has 4 nitrogen and oxygen atoms in total. The molecule has 1 atom stereocenters. The maximum Gasteiger partial charge on any atom is 0.138 e. The Morgan fingerprint density at radius 3 is 2.66 bits per heavy atom. The van der Waals surface area contributed by atoms with Crippen molar-refractivity contribution in [3.8, 4) is 0 Å². The summed E-state index contributed by atoms with van der Waals surface area (Å²) in [7, 11) is 1.92. The first-order chi connectivity index (χ1) is 13.8. The van der Waals surface area contributed by atoms with Crippen LogP contribution in [0.25, 0.3) is 5.57 Å². The van der Waals surface area contributed by atoms with Crippen LogP contribution in [0, 0.1) is 5.82 Å². The average Bonchev–Trinajstić information content (AvgIpc) is 3.36. The lowest BCUT2D eigenvalue weighted by Gasteiger charge is -2.37. The molecule has 0 aromatic heterocycles. The van der Waals surface area contributed by atoms with Crippen molar-refractivity contribution in [2.75, 3.05) is 7.05 Å². The second-order valence-electron chi connectivity index (χ2n) is 8.10. The highest BCUT2D eigenvalue weighted by atomic mass is 32.2. The Bertz CT molecular complexity index is 940. The number of benzene rings is 1. The van der Waals surface area contributed by atoms with Crippen LogP contribution in [0.1, 0.15) is 38.8 Å². The van der Waals surface area contributed by atoms with E-state index >= 15 is 0 Å². The number of hydrazine groups is 1. The molecular weight excluding hydrogens is 383 g/mol. The molecule has 6 heteroatoms. The summed E-state index contributed by atoms with van der Waals surface area (Å²) in [5.74, 6) is -0.140. The average molecular weight is 413 g/mol. The van der Waals surface area contributed by atoms with Crippen LogP contribution in [-0.2, 0) is 6.42 Å². The Morgan fingerprint density at radius 1 is 1.28 bits per heavy atom. The van der Waals surface area contributed by atoms with Gasteiger partial charge >= 0.3 is 0 Å². The molecule has 1 aromatic carbocycles. The highest BCUT2D eigenvalue weighted by Crippen LogP contribution is 2.50. The summed E-state index contributed by atoms with van der Waals surface area (Å²) in [6.07, 6.45) is 11.4. The van der Waals surface area contributed by atoms with Crippen LogP contribution < -0.4 is 16.1 Å². The van der Waals surface area contributed by atoms with E-state index < -0.39 is 0 Å². The van der Waals surface area contributed by atoms with E-state index in [-0.39, 0.29) is 16.4 Å². The lowest BCUT2D eigenvalue weighted by Crippen LogP contribution is -2.50. The second-order valence-corrected chi connectivity index (χ2v) is 9.56. The summed E-state index contributed by atoms with van der Waals surface area (Å²) in [5.41, 5.74) is 6.92. The molecule has 1 aliphatic carbocycles. The lowest BCUT2D eigenvalue weighted by molar-refractivity contribution is 0.256. The Balaban J connectivity index is 1.73. The summed E-state index contributed by atoms with van der Waals surface area (Å²) < 4.78 is 14.6. The monoisotopic (exact) mass is 412 g/mol. The van der Waals surface area contributed by atoms with E-state index in [0.717, 1.165) is 27.2 Å². The molecule has 3 N–H and O–H groups in total. The lowest BCUT2D eigenvalue weighted by atomic mass is 9.86. The van der Waals surface area contributed by atoms with Gasteiger partial charge in [-0.25, -0.2) is 9.82 Å². The van der Waals surface area contributed by atoms with Gasteiger partial charge < -0.3 is 5.32 Å². The molecule has 3 aliphatic rings. The molecule has 154 valence electrons. The first-order valence-electron chi connectivity index (χ1n) is 10.2. The SMILES string of the molecule is CCc1c(F)cccc1C1=CC(C2=CNC(C)(NC(C)C)S2)=CN(NC)C12C=C2. The zero-order valence-corrected chi connectivity index (χ0v) is 18.5. The van der Waals surface area contributed by atoms with Crippen LogP contribution in [0.15, 0.2) is 59.3 Å². The van der Waals surface area contributed by atoms with Gasteiger partial charge in [-0.05, 0) is 56.0 Å². The third-order valence-electron chi connectivity index (χ3n) is 5.53. The van der Waals surface area contributed by atoms with Crippen LogP contribution in [0.3, 0.4) is 0 Å². The van der Waals surface area contributed by atoms with Gasteiger partial charge in [0.1, 0.15) is 16.4 Å². The van der Waals surface area contributed by atoms with Crippen molar-refractivity contribution < 1.29 is 4.39 Å². The molecule has 0 bridgehead atoms. The molecule has 0 amide bonds. The van der Waals surface area contributed by atoms with Crippen molar-refractivity contribution in [2.45, 2.75) is 50.7 Å². The van der Waals surface area contributed by atoms with Gasteiger partial charge in [0, 0.05) is 36.0 Å². The van der Waals surface area contributed by atoms with E-state index in [4.69, 9.17) is 0 Å². The highest BCUT2D eigenvalue weighted by molar-refractivity contribution is 8.04. The Morgan fingerprint density at radius 2 is 2.03 bits per heavy atom. The van der Waals surface area contributed by atoms with Gasteiger partial charge in [0.25, 0.3) is 0 Å². The number of hydrogen-bond acceptors (Lipinski definition) is 5. The molecule has 2 heterocycles. The van der Waals surface area contributed by atoms with Gasteiger partial charge in [0.05, 0.1) is 0 Å². The van der Waals surface area contributed by atoms with E-state index in [0.29, 0.717) is 12.5 Å². The number of rotatable bonds is 6. The van der Waals surface area contributed by atoms with Crippen molar-refractivity contribution in [1.29, 1.82) is 0 Å². The quantitative estimate of drug-likeness (QED) is 0.609. The first kappa shape index (κ1) is 20.3. The fraction of sp³-hybridized carbons (Fsp3) is 0.391. The number of halogens is 1. The molecule has 4 rings (SSSR count). The summed E-state index contributed by atoms with van der Waals surface area (Å²) in [5, 5.41) is 9.15. The molecular formula is C23H29FN4S. The van der Waals surface area contributed by atoms with Crippen LogP contribution in [0.2, 0.25) is 0 Å². The molecule has 1 aromatic rings. The highest BCUT2D eigenvalue weighted by Gasteiger charge is 2.47. The van der Waals surface area contributed by atoms with E-state index in [2.05, 4.69) is 72.5 Å². The zero-order chi connectivity index (χ0) is 20.8. The molecule has 29 heavy (non-hydrogen) atoms. The Kier molecular flexibility index (Phi) is 5.13. The molecule has 1 unspecified atom stereocenters. The van der Waals surface area contributed by atoms with Gasteiger partial charge in [0.2, 0.25) is 0 Å². The minimum absolute atomic E-state index is 0.140. The predicted octanol–water partition coefficient (Wildman–Crippen LogP) is 4.26. The van der Waals surface area contributed by atoms with Crippen LogP contribution in [-0.4, -0.2) is 28.6 Å². The maximum absolute atomic E-state index is 14.6. The third-order valence-corrected chi connectivity index (χ3v) is 6.74. The van der Waals surface area contributed by atoms with Crippen molar-refractivity contribution in [3.05, 3.63) is 76.2 Å². The summed E-state index contributed by atoms with van der Waals surface area (Å²) >= 11 is 1.77. The number of hydrogen-bond donors (Lipinski definition) is 3. The van der Waals surface area contributed by atoms with E-state index in [1.54, 1.807) is 23.9 Å². The number of allylic oxidation sites excluding steroid dienone is 2. The normalized spacial score (nSPS) is 24.5. The van der Waals surface area contributed by atoms with Gasteiger partial charge in [0.15, 0.2) is 0 Å². The fourth-order valence-electron chi connectivity index (χ4n) is 4.20. The number of nitrogens with one attached hydrogen (secondary N) is 3. The van der Waals surface area contributed by atoms with Gasteiger partial charge in [-0.1, -0.05) is 43.0 Å². The van der Waals surface area contributed by atoms with E-state index in [1.807, 2.05) is 20.0 Å². The topological polar surface area (TPSA) is 39.3 Å². The van der Waals surface area contributed by atoms with Crippen LogP contribution >= 0.6 is 11.8 Å². The van der Waals surface area contributed by atoms with Crippen molar-refractivity contribution in [2.24, 2.45) is 0 Å². The smallest absolute Gasteiger partial charge is 0.138 e. The zero-order valence-electron chi connectivity index (χ0n) is 17.6. The Labute approximate surface area is 177 Å². The second kappa shape index (κ2) is 7.35. The molecule has 1 spiro atoms. The molecule has 0 radical (unpaired) electrons. The van der Waals surface area contributed by atoms with Crippen molar-refractivity contribution >= 4 is 17.3 Å². The van der Waals surface area contributed by atoms with Gasteiger partial charge in [-0.2, -0.15) is 0 Å². The number of thioether (sulfide) groups is 1.